The van der Waals surface area contributed by atoms with Gasteiger partial charge in [-0.25, -0.2) is 0 Å². The molecule has 2 heteroatoms. The first-order valence-corrected chi connectivity index (χ1v) is 8.37. The zero-order chi connectivity index (χ0) is 14.4. The molecule has 0 saturated heterocycles. The van der Waals surface area contributed by atoms with Gasteiger partial charge in [0.1, 0.15) is 0 Å². The molecule has 2 nitrogen and oxygen atoms in total. The standard InChI is InChI=1S/C18H30N2/c1-4-6-15-8-10-16(12-19-5-2)18(11-15)17-9-7-14(3)20-13-17/h7,9,13,15-16,18-19H,4-6,8,10-12H2,1-3H3. The van der Waals surface area contributed by atoms with Crippen LogP contribution in [0.3, 0.4) is 0 Å². The Labute approximate surface area is 124 Å². The van der Waals surface area contributed by atoms with Crippen LogP contribution in [0, 0.1) is 18.8 Å². The molecule has 1 aromatic heterocycles. The molecule has 112 valence electrons. The Morgan fingerprint density at radius 3 is 2.75 bits per heavy atom. The molecule has 1 heterocycles. The maximum absolute atomic E-state index is 4.52. The third kappa shape index (κ3) is 4.05. The molecule has 1 aromatic rings. The molecule has 1 fully saturated rings. The van der Waals surface area contributed by atoms with E-state index in [1.54, 1.807) is 0 Å². The first kappa shape index (κ1) is 15.5. The summed E-state index contributed by atoms with van der Waals surface area (Å²) in [6.45, 7) is 8.82. The quantitative estimate of drug-likeness (QED) is 0.836. The van der Waals surface area contributed by atoms with Gasteiger partial charge in [0.25, 0.3) is 0 Å². The maximum Gasteiger partial charge on any atom is 0.0372 e. The Balaban J connectivity index is 2.10. The molecule has 0 radical (unpaired) electrons. The Kier molecular flexibility index (Phi) is 6.03. The highest BCUT2D eigenvalue weighted by Crippen LogP contribution is 2.41. The van der Waals surface area contributed by atoms with Crippen LogP contribution in [0.1, 0.15) is 63.1 Å². The van der Waals surface area contributed by atoms with Crippen molar-refractivity contribution in [3.05, 3.63) is 29.6 Å². The average molecular weight is 274 g/mol. The fourth-order valence-electron chi connectivity index (χ4n) is 3.67. The fraction of sp³-hybridized carbons (Fsp3) is 0.722. The normalized spacial score (nSPS) is 26.6. The van der Waals surface area contributed by atoms with Gasteiger partial charge in [-0.1, -0.05) is 39.2 Å². The lowest BCUT2D eigenvalue weighted by Crippen LogP contribution is -2.32. The van der Waals surface area contributed by atoms with Crippen LogP contribution in [-0.4, -0.2) is 18.1 Å². The van der Waals surface area contributed by atoms with Gasteiger partial charge in [0, 0.05) is 11.9 Å². The predicted octanol–water partition coefficient (Wildman–Crippen LogP) is 4.30. The van der Waals surface area contributed by atoms with Crippen LogP contribution in [-0.2, 0) is 0 Å². The third-order valence-electron chi connectivity index (χ3n) is 4.82. The van der Waals surface area contributed by atoms with E-state index >= 15 is 0 Å². The van der Waals surface area contributed by atoms with Gasteiger partial charge < -0.3 is 5.32 Å². The van der Waals surface area contributed by atoms with E-state index in [0.717, 1.165) is 30.6 Å². The van der Waals surface area contributed by atoms with Gasteiger partial charge >= 0.3 is 0 Å². The van der Waals surface area contributed by atoms with Crippen LogP contribution in [0.25, 0.3) is 0 Å². The second-order valence-electron chi connectivity index (χ2n) is 6.37. The van der Waals surface area contributed by atoms with E-state index in [1.165, 1.54) is 37.7 Å². The minimum Gasteiger partial charge on any atom is -0.317 e. The summed E-state index contributed by atoms with van der Waals surface area (Å²) in [4.78, 5) is 4.52. The van der Waals surface area contributed by atoms with E-state index in [1.807, 2.05) is 0 Å². The lowest BCUT2D eigenvalue weighted by atomic mass is 9.70. The van der Waals surface area contributed by atoms with Crippen molar-refractivity contribution in [2.24, 2.45) is 11.8 Å². The highest BCUT2D eigenvalue weighted by atomic mass is 14.8. The summed E-state index contributed by atoms with van der Waals surface area (Å²) >= 11 is 0. The summed E-state index contributed by atoms with van der Waals surface area (Å²) in [6.07, 6.45) is 8.98. The van der Waals surface area contributed by atoms with Crippen LogP contribution in [0.4, 0.5) is 0 Å². The van der Waals surface area contributed by atoms with Crippen molar-refractivity contribution in [2.45, 2.75) is 58.8 Å². The number of rotatable bonds is 6. The van der Waals surface area contributed by atoms with Crippen LogP contribution < -0.4 is 5.32 Å². The molecule has 0 bridgehead atoms. The largest absolute Gasteiger partial charge is 0.317 e. The van der Waals surface area contributed by atoms with Crippen molar-refractivity contribution in [3.63, 3.8) is 0 Å². The lowest BCUT2D eigenvalue weighted by molar-refractivity contribution is 0.221. The van der Waals surface area contributed by atoms with Gasteiger partial charge in [-0.05, 0) is 62.2 Å². The highest BCUT2D eigenvalue weighted by Gasteiger charge is 2.30. The van der Waals surface area contributed by atoms with Gasteiger partial charge in [0.2, 0.25) is 0 Å². The fourth-order valence-corrected chi connectivity index (χ4v) is 3.67. The van der Waals surface area contributed by atoms with E-state index in [9.17, 15) is 0 Å². The summed E-state index contributed by atoms with van der Waals surface area (Å²) in [6, 6.07) is 4.48. The highest BCUT2D eigenvalue weighted by molar-refractivity contribution is 5.19. The van der Waals surface area contributed by atoms with Gasteiger partial charge in [-0.3, -0.25) is 4.98 Å². The van der Waals surface area contributed by atoms with Crippen molar-refractivity contribution < 1.29 is 0 Å². The van der Waals surface area contributed by atoms with Crippen LogP contribution in [0.5, 0.6) is 0 Å². The Morgan fingerprint density at radius 2 is 2.10 bits per heavy atom. The minimum atomic E-state index is 0.701. The molecule has 1 aliphatic carbocycles. The van der Waals surface area contributed by atoms with E-state index in [2.05, 4.69) is 49.4 Å². The monoisotopic (exact) mass is 274 g/mol. The number of aryl methyl sites for hydroxylation is 1. The molecule has 0 spiro atoms. The number of aromatic nitrogens is 1. The Hall–Kier alpha value is -0.890. The second kappa shape index (κ2) is 7.78. The zero-order valence-corrected chi connectivity index (χ0v) is 13.4. The molecule has 1 aliphatic rings. The van der Waals surface area contributed by atoms with Crippen LogP contribution >= 0.6 is 0 Å². The van der Waals surface area contributed by atoms with Crippen molar-refractivity contribution in [3.8, 4) is 0 Å². The van der Waals surface area contributed by atoms with E-state index in [-0.39, 0.29) is 0 Å². The molecule has 2 rings (SSSR count). The average Bonchev–Trinajstić information content (AvgIpc) is 2.47. The maximum atomic E-state index is 4.52. The zero-order valence-electron chi connectivity index (χ0n) is 13.4. The summed E-state index contributed by atoms with van der Waals surface area (Å²) < 4.78 is 0. The minimum absolute atomic E-state index is 0.701. The number of hydrogen-bond acceptors (Lipinski definition) is 2. The molecule has 0 aromatic carbocycles. The summed E-state index contributed by atoms with van der Waals surface area (Å²) in [5, 5.41) is 3.56. The second-order valence-corrected chi connectivity index (χ2v) is 6.37. The molecule has 0 aliphatic heterocycles. The van der Waals surface area contributed by atoms with Crippen molar-refractivity contribution >= 4 is 0 Å². The van der Waals surface area contributed by atoms with Gasteiger partial charge in [0.05, 0.1) is 0 Å². The number of hydrogen-bond donors (Lipinski definition) is 1. The van der Waals surface area contributed by atoms with Crippen molar-refractivity contribution in [1.29, 1.82) is 0 Å². The van der Waals surface area contributed by atoms with Gasteiger partial charge in [-0.2, -0.15) is 0 Å². The summed E-state index contributed by atoms with van der Waals surface area (Å²) in [5.74, 6) is 2.41. The first-order chi connectivity index (χ1) is 9.74. The van der Waals surface area contributed by atoms with Gasteiger partial charge in [-0.15, -0.1) is 0 Å². The molecule has 3 atom stereocenters. The topological polar surface area (TPSA) is 24.9 Å². The molecular formula is C18H30N2. The number of pyridine rings is 1. The summed E-state index contributed by atoms with van der Waals surface area (Å²) in [7, 11) is 0. The van der Waals surface area contributed by atoms with E-state index < -0.39 is 0 Å². The van der Waals surface area contributed by atoms with E-state index in [0.29, 0.717) is 5.92 Å². The van der Waals surface area contributed by atoms with Crippen LogP contribution in [0.2, 0.25) is 0 Å². The molecule has 20 heavy (non-hydrogen) atoms. The molecule has 3 unspecified atom stereocenters. The van der Waals surface area contributed by atoms with Crippen molar-refractivity contribution in [2.75, 3.05) is 13.1 Å². The van der Waals surface area contributed by atoms with Gasteiger partial charge in [0.15, 0.2) is 0 Å². The van der Waals surface area contributed by atoms with E-state index in [4.69, 9.17) is 0 Å². The smallest absolute Gasteiger partial charge is 0.0372 e. The van der Waals surface area contributed by atoms with Crippen molar-refractivity contribution in [1.82, 2.24) is 10.3 Å². The lowest BCUT2D eigenvalue weighted by Gasteiger charge is -2.36. The number of nitrogens with one attached hydrogen (secondary N) is 1. The molecule has 0 amide bonds. The van der Waals surface area contributed by atoms with Crippen LogP contribution in [0.15, 0.2) is 18.3 Å². The SMILES string of the molecule is CCCC1CCC(CNCC)C(c2ccc(C)nc2)C1. The first-order valence-electron chi connectivity index (χ1n) is 8.37. The number of nitrogens with zero attached hydrogens (tertiary/aromatic N) is 1. The summed E-state index contributed by atoms with van der Waals surface area (Å²) in [5.41, 5.74) is 2.58. The molecule has 1 saturated carbocycles. The molecule has 1 N–H and O–H groups in total. The third-order valence-corrected chi connectivity index (χ3v) is 4.82. The predicted molar refractivity (Wildman–Crippen MR) is 86.0 cm³/mol. The Morgan fingerprint density at radius 1 is 1.25 bits per heavy atom. The molecular weight excluding hydrogens is 244 g/mol. The Bertz CT molecular complexity index is 385.